The van der Waals surface area contributed by atoms with Crippen molar-refractivity contribution in [3.63, 3.8) is 0 Å². The molecule has 5 nitrogen and oxygen atoms in total. The summed E-state index contributed by atoms with van der Waals surface area (Å²) in [5, 5.41) is 10.4. The van der Waals surface area contributed by atoms with Crippen molar-refractivity contribution in [2.24, 2.45) is 0 Å². The van der Waals surface area contributed by atoms with Crippen LogP contribution in [0, 0.1) is 5.82 Å². The number of halogens is 1. The second-order valence-corrected chi connectivity index (χ2v) is 7.32. The summed E-state index contributed by atoms with van der Waals surface area (Å²) in [6.45, 7) is 4.79. The van der Waals surface area contributed by atoms with E-state index in [0.29, 0.717) is 29.0 Å². The summed E-state index contributed by atoms with van der Waals surface area (Å²) < 4.78 is 19.3. The Bertz CT molecular complexity index is 918. The zero-order valence-corrected chi connectivity index (χ0v) is 15.2. The largest absolute Gasteiger partial charge is 0.507 e. The highest BCUT2D eigenvalue weighted by Crippen LogP contribution is 2.39. The first-order valence-corrected chi connectivity index (χ1v) is 9.21. The summed E-state index contributed by atoms with van der Waals surface area (Å²) >= 11 is 0. The standard InChI is InChI=1S/C21H21FN2O3/c1-23-7-9-24(10-8-23)13-17-18(25)6-5-16-20(26)19(27-21(16)17)12-14-3-2-4-15(22)11-14/h2-6,11-12,25H,7-10,13H2,1H3/p+2/b19-12+. The lowest BCUT2D eigenvalue weighted by Crippen LogP contribution is -3.26. The summed E-state index contributed by atoms with van der Waals surface area (Å²) in [4.78, 5) is 15.6. The van der Waals surface area contributed by atoms with Gasteiger partial charge in [-0.3, -0.25) is 4.79 Å². The molecule has 0 bridgehead atoms. The average Bonchev–Trinajstić information content (AvgIpc) is 2.95. The fourth-order valence-corrected chi connectivity index (χ4v) is 3.67. The summed E-state index contributed by atoms with van der Waals surface area (Å²) in [5.74, 6) is 0.119. The monoisotopic (exact) mass is 370 g/mol. The van der Waals surface area contributed by atoms with Gasteiger partial charge in [0, 0.05) is 0 Å². The van der Waals surface area contributed by atoms with E-state index in [1.54, 1.807) is 24.3 Å². The van der Waals surface area contributed by atoms with Gasteiger partial charge in [-0.25, -0.2) is 4.39 Å². The van der Waals surface area contributed by atoms with E-state index in [1.165, 1.54) is 28.0 Å². The summed E-state index contributed by atoms with van der Waals surface area (Å²) in [6, 6.07) is 9.15. The van der Waals surface area contributed by atoms with Gasteiger partial charge in [-0.2, -0.15) is 0 Å². The van der Waals surface area contributed by atoms with Gasteiger partial charge >= 0.3 is 0 Å². The van der Waals surface area contributed by atoms with E-state index in [1.807, 2.05) is 0 Å². The molecule has 2 heterocycles. The molecule has 0 amide bonds. The number of fused-ring (bicyclic) bond motifs is 1. The van der Waals surface area contributed by atoms with Gasteiger partial charge in [0.2, 0.25) is 5.78 Å². The molecule has 4 rings (SSSR count). The number of aromatic hydroxyl groups is 1. The number of quaternary nitrogens is 2. The van der Waals surface area contributed by atoms with Gasteiger partial charge < -0.3 is 19.6 Å². The maximum absolute atomic E-state index is 13.4. The third-order valence-electron chi connectivity index (χ3n) is 5.30. The van der Waals surface area contributed by atoms with Gasteiger partial charge in [0.05, 0.1) is 18.2 Å². The predicted octanol–water partition coefficient (Wildman–Crippen LogP) is 0.0607. The van der Waals surface area contributed by atoms with E-state index < -0.39 is 0 Å². The summed E-state index contributed by atoms with van der Waals surface area (Å²) in [6.07, 6.45) is 1.54. The van der Waals surface area contributed by atoms with Crippen LogP contribution >= 0.6 is 0 Å². The number of carbonyl (C=O) groups excluding carboxylic acids is 1. The molecule has 2 aliphatic rings. The molecule has 27 heavy (non-hydrogen) atoms. The van der Waals surface area contributed by atoms with Crippen LogP contribution in [-0.4, -0.2) is 44.1 Å². The molecule has 0 aromatic heterocycles. The molecule has 2 aliphatic heterocycles. The summed E-state index contributed by atoms with van der Waals surface area (Å²) in [5.41, 5.74) is 1.67. The number of carbonyl (C=O) groups is 1. The van der Waals surface area contributed by atoms with E-state index >= 15 is 0 Å². The molecule has 2 aromatic carbocycles. The number of hydrogen-bond acceptors (Lipinski definition) is 3. The van der Waals surface area contributed by atoms with Gasteiger partial charge in [-0.1, -0.05) is 12.1 Å². The third kappa shape index (κ3) is 3.59. The van der Waals surface area contributed by atoms with Crippen LogP contribution in [0.25, 0.3) is 6.08 Å². The van der Waals surface area contributed by atoms with Crippen LogP contribution in [0.4, 0.5) is 4.39 Å². The normalized spacial score (nSPS) is 23.3. The zero-order valence-electron chi connectivity index (χ0n) is 15.2. The highest BCUT2D eigenvalue weighted by molar-refractivity contribution is 6.14. The minimum absolute atomic E-state index is 0.146. The molecular weight excluding hydrogens is 347 g/mol. The van der Waals surface area contributed by atoms with Crippen molar-refractivity contribution in [2.45, 2.75) is 6.54 Å². The van der Waals surface area contributed by atoms with Crippen LogP contribution in [0.3, 0.4) is 0 Å². The Kier molecular flexibility index (Phi) is 4.68. The average molecular weight is 370 g/mol. The number of hydrogen-bond donors (Lipinski definition) is 3. The number of piperazine rings is 1. The highest BCUT2D eigenvalue weighted by atomic mass is 19.1. The molecule has 0 unspecified atom stereocenters. The fourth-order valence-electron chi connectivity index (χ4n) is 3.67. The highest BCUT2D eigenvalue weighted by Gasteiger charge is 2.33. The molecule has 1 fully saturated rings. The maximum Gasteiger partial charge on any atom is 0.231 e. The molecule has 0 aliphatic carbocycles. The van der Waals surface area contributed by atoms with E-state index in [9.17, 15) is 14.3 Å². The molecule has 140 valence electrons. The van der Waals surface area contributed by atoms with Crippen LogP contribution < -0.4 is 14.5 Å². The molecule has 1 saturated heterocycles. The Morgan fingerprint density at radius 3 is 2.70 bits per heavy atom. The number of benzene rings is 2. The van der Waals surface area contributed by atoms with Crippen LogP contribution in [-0.2, 0) is 6.54 Å². The van der Waals surface area contributed by atoms with Crippen molar-refractivity contribution in [1.29, 1.82) is 0 Å². The molecule has 0 radical (unpaired) electrons. The first-order valence-electron chi connectivity index (χ1n) is 9.21. The predicted molar refractivity (Wildman–Crippen MR) is 98.5 cm³/mol. The minimum Gasteiger partial charge on any atom is -0.507 e. The Labute approximate surface area is 157 Å². The number of allylic oxidation sites excluding steroid dienone is 1. The third-order valence-corrected chi connectivity index (χ3v) is 5.30. The minimum atomic E-state index is -0.369. The number of ketones is 1. The first kappa shape index (κ1) is 17.7. The quantitative estimate of drug-likeness (QED) is 0.670. The maximum atomic E-state index is 13.4. The van der Waals surface area contributed by atoms with Crippen LogP contribution in [0.5, 0.6) is 11.5 Å². The van der Waals surface area contributed by atoms with Crippen molar-refractivity contribution in [3.05, 3.63) is 64.7 Å². The second-order valence-electron chi connectivity index (χ2n) is 7.32. The molecule has 2 aromatic rings. The molecule has 0 spiro atoms. The van der Waals surface area contributed by atoms with Crippen molar-refractivity contribution in [1.82, 2.24) is 0 Å². The Morgan fingerprint density at radius 2 is 1.96 bits per heavy atom. The second kappa shape index (κ2) is 7.13. The Balaban J connectivity index is 1.63. The lowest BCUT2D eigenvalue weighted by atomic mass is 10.0. The molecule has 0 saturated carbocycles. The van der Waals surface area contributed by atoms with Gasteiger partial charge in [-0.15, -0.1) is 0 Å². The summed E-state index contributed by atoms with van der Waals surface area (Å²) in [7, 11) is 2.18. The topological polar surface area (TPSA) is 55.4 Å². The number of Topliss-reactive ketones (excluding diaryl/α,β-unsaturated/α-hetero) is 1. The van der Waals surface area contributed by atoms with Crippen LogP contribution in [0.15, 0.2) is 42.2 Å². The van der Waals surface area contributed by atoms with Gasteiger partial charge in [-0.05, 0) is 35.9 Å². The molecule has 3 N–H and O–H groups in total. The molecule has 0 atom stereocenters. The van der Waals surface area contributed by atoms with E-state index in [2.05, 4.69) is 7.05 Å². The van der Waals surface area contributed by atoms with Crippen molar-refractivity contribution >= 4 is 11.9 Å². The number of ether oxygens (including phenoxy) is 1. The number of phenols is 1. The number of rotatable bonds is 3. The van der Waals surface area contributed by atoms with E-state index in [-0.39, 0.29) is 23.1 Å². The SMILES string of the molecule is C[NH+]1CC[NH+](Cc2c(O)ccc3c2O/C(=C/c2cccc(F)c2)C3=O)CC1. The number of likely N-dealkylation sites (N-methyl/N-ethyl adjacent to an activating group) is 1. The lowest BCUT2D eigenvalue weighted by Gasteiger charge is -2.27. The first-order chi connectivity index (χ1) is 13.0. The molecular formula is C21H23FN2O3+2. The van der Waals surface area contributed by atoms with Gasteiger partial charge in [0.25, 0.3) is 0 Å². The van der Waals surface area contributed by atoms with Gasteiger partial charge in [0.15, 0.2) is 11.5 Å². The number of phenolic OH excluding ortho intramolecular Hbond substituents is 1. The van der Waals surface area contributed by atoms with Crippen molar-refractivity contribution in [2.75, 3.05) is 33.2 Å². The Morgan fingerprint density at radius 1 is 1.19 bits per heavy atom. The van der Waals surface area contributed by atoms with E-state index in [4.69, 9.17) is 4.74 Å². The van der Waals surface area contributed by atoms with Crippen LogP contribution in [0.2, 0.25) is 0 Å². The lowest BCUT2D eigenvalue weighted by molar-refractivity contribution is -1.01. The smallest absolute Gasteiger partial charge is 0.231 e. The number of nitrogens with one attached hydrogen (secondary N) is 2. The molecule has 6 heteroatoms. The van der Waals surface area contributed by atoms with Crippen molar-refractivity contribution < 1.29 is 28.8 Å². The van der Waals surface area contributed by atoms with Crippen LogP contribution in [0.1, 0.15) is 21.5 Å². The van der Waals surface area contributed by atoms with Gasteiger partial charge in [0.1, 0.15) is 44.3 Å². The Hall–Kier alpha value is -2.70. The van der Waals surface area contributed by atoms with Crippen molar-refractivity contribution in [3.8, 4) is 11.5 Å². The zero-order chi connectivity index (χ0) is 19.0. The van der Waals surface area contributed by atoms with E-state index in [0.717, 1.165) is 26.2 Å². The fraction of sp³-hybridized carbons (Fsp3) is 0.286.